The lowest BCUT2D eigenvalue weighted by Crippen LogP contribution is -2.42. The monoisotopic (exact) mass is 308 g/mol. The fraction of sp³-hybridized carbons (Fsp3) is 0.562. The molecule has 0 aromatic carbocycles. The Hall–Kier alpha value is -2.11. The van der Waals surface area contributed by atoms with Gasteiger partial charge in [0.1, 0.15) is 5.69 Å². The van der Waals surface area contributed by atoms with Crippen LogP contribution >= 0.6 is 0 Å². The van der Waals surface area contributed by atoms with E-state index in [9.17, 15) is 14.4 Å². The van der Waals surface area contributed by atoms with Gasteiger partial charge in [0.05, 0.1) is 12.6 Å². The zero-order chi connectivity index (χ0) is 17.0. The highest BCUT2D eigenvalue weighted by Crippen LogP contribution is 2.22. The fourth-order valence-corrected chi connectivity index (χ4v) is 2.65. The summed E-state index contributed by atoms with van der Waals surface area (Å²) in [5.41, 5.74) is 1.92. The molecule has 1 aromatic heterocycles. The summed E-state index contributed by atoms with van der Waals surface area (Å²) in [5.74, 6) is -0.813. The van der Waals surface area contributed by atoms with Gasteiger partial charge in [-0.2, -0.15) is 0 Å². The number of rotatable bonds is 6. The first-order chi connectivity index (χ1) is 10.3. The lowest BCUT2D eigenvalue weighted by atomic mass is 10.00. The summed E-state index contributed by atoms with van der Waals surface area (Å²) in [6, 6.07) is -0.578. The Morgan fingerprint density at radius 2 is 1.82 bits per heavy atom. The molecule has 0 radical (unpaired) electrons. The topological polar surface area (TPSA) is 79.5 Å². The number of esters is 1. The third-order valence-electron chi connectivity index (χ3n) is 3.76. The van der Waals surface area contributed by atoms with E-state index in [1.165, 1.54) is 11.8 Å². The number of ether oxygens (including phenoxy) is 1. The largest absolute Gasteiger partial charge is 0.461 e. The number of likely N-dealkylation sites (N-methyl/N-ethyl adjacent to an activating group) is 1. The van der Waals surface area contributed by atoms with Crippen LogP contribution < -0.4 is 0 Å². The molecule has 6 heteroatoms. The van der Waals surface area contributed by atoms with Gasteiger partial charge in [0, 0.05) is 24.7 Å². The molecule has 1 atom stereocenters. The Balaban J connectivity index is 3.19. The summed E-state index contributed by atoms with van der Waals surface area (Å²) >= 11 is 0. The average Bonchev–Trinajstić information content (AvgIpc) is 2.73. The number of aryl methyl sites for hydroxylation is 1. The summed E-state index contributed by atoms with van der Waals surface area (Å²) < 4.78 is 4.98. The number of ketones is 1. The number of carbonyl (C=O) groups excluding carboxylic acids is 3. The van der Waals surface area contributed by atoms with E-state index >= 15 is 0 Å². The van der Waals surface area contributed by atoms with Gasteiger partial charge in [0.2, 0.25) is 5.91 Å². The van der Waals surface area contributed by atoms with Crippen molar-refractivity contribution in [3.63, 3.8) is 0 Å². The maximum Gasteiger partial charge on any atom is 0.355 e. The third-order valence-corrected chi connectivity index (χ3v) is 3.76. The standard InChI is InChI=1S/C16H24N2O4/c1-7-18(12(6)19)11(5)15(20)13-9(3)14(17-10(13)4)16(21)22-8-2/h11,17H,7-8H2,1-6H3. The van der Waals surface area contributed by atoms with Gasteiger partial charge in [-0.25, -0.2) is 4.79 Å². The van der Waals surface area contributed by atoms with Gasteiger partial charge < -0.3 is 14.6 Å². The SMILES string of the molecule is CCOC(=O)c1[nH]c(C)c(C(=O)C(C)N(CC)C(C)=O)c1C. The predicted molar refractivity (Wildman–Crippen MR) is 83.1 cm³/mol. The van der Waals surface area contributed by atoms with Gasteiger partial charge in [0.15, 0.2) is 5.78 Å². The van der Waals surface area contributed by atoms with Gasteiger partial charge in [0.25, 0.3) is 0 Å². The van der Waals surface area contributed by atoms with Crippen LogP contribution in [-0.2, 0) is 9.53 Å². The molecule has 0 aliphatic rings. The third kappa shape index (κ3) is 3.37. The molecule has 0 bridgehead atoms. The smallest absolute Gasteiger partial charge is 0.355 e. The number of nitrogens with one attached hydrogen (secondary N) is 1. The van der Waals surface area contributed by atoms with Crippen LogP contribution in [0.25, 0.3) is 0 Å². The van der Waals surface area contributed by atoms with Crippen molar-refractivity contribution in [2.75, 3.05) is 13.2 Å². The molecule has 0 fully saturated rings. The normalized spacial score (nSPS) is 11.9. The van der Waals surface area contributed by atoms with Crippen molar-refractivity contribution in [1.82, 2.24) is 9.88 Å². The molecule has 122 valence electrons. The van der Waals surface area contributed by atoms with Crippen molar-refractivity contribution in [3.05, 3.63) is 22.5 Å². The van der Waals surface area contributed by atoms with E-state index < -0.39 is 12.0 Å². The first kappa shape index (κ1) is 17.9. The number of hydrogen-bond donors (Lipinski definition) is 1. The number of amides is 1. The fourth-order valence-electron chi connectivity index (χ4n) is 2.65. The Morgan fingerprint density at radius 1 is 1.23 bits per heavy atom. The molecule has 1 amide bonds. The first-order valence-electron chi connectivity index (χ1n) is 7.43. The minimum Gasteiger partial charge on any atom is -0.461 e. The maximum absolute atomic E-state index is 12.7. The van der Waals surface area contributed by atoms with Gasteiger partial charge in [-0.05, 0) is 40.2 Å². The van der Waals surface area contributed by atoms with Crippen LogP contribution in [0.2, 0.25) is 0 Å². The number of Topliss-reactive ketones (excluding diaryl/α,β-unsaturated/α-hetero) is 1. The number of aromatic nitrogens is 1. The van der Waals surface area contributed by atoms with Crippen molar-refractivity contribution in [2.24, 2.45) is 0 Å². The molecule has 1 rings (SSSR count). The van der Waals surface area contributed by atoms with Crippen LogP contribution in [0.1, 0.15) is 59.8 Å². The second kappa shape index (κ2) is 7.24. The Kier molecular flexibility index (Phi) is 5.91. The highest BCUT2D eigenvalue weighted by Gasteiger charge is 2.29. The highest BCUT2D eigenvalue weighted by molar-refractivity contribution is 6.06. The summed E-state index contributed by atoms with van der Waals surface area (Å²) in [4.78, 5) is 40.6. The second-order valence-corrected chi connectivity index (χ2v) is 5.19. The van der Waals surface area contributed by atoms with Crippen LogP contribution in [0.4, 0.5) is 0 Å². The van der Waals surface area contributed by atoms with Crippen LogP contribution in [0, 0.1) is 13.8 Å². The van der Waals surface area contributed by atoms with Crippen molar-refractivity contribution in [3.8, 4) is 0 Å². The lowest BCUT2D eigenvalue weighted by Gasteiger charge is -2.25. The van der Waals surface area contributed by atoms with E-state index in [0.717, 1.165) is 0 Å². The molecule has 1 N–H and O–H groups in total. The van der Waals surface area contributed by atoms with Gasteiger partial charge >= 0.3 is 5.97 Å². The second-order valence-electron chi connectivity index (χ2n) is 5.19. The van der Waals surface area contributed by atoms with Crippen LogP contribution in [0.15, 0.2) is 0 Å². The zero-order valence-electron chi connectivity index (χ0n) is 14.1. The van der Waals surface area contributed by atoms with Crippen LogP contribution in [0.5, 0.6) is 0 Å². The molecule has 1 unspecified atom stereocenters. The number of nitrogens with zero attached hydrogens (tertiary/aromatic N) is 1. The molecule has 0 saturated heterocycles. The minimum atomic E-state index is -0.578. The molecule has 1 heterocycles. The number of carbonyl (C=O) groups is 3. The number of hydrogen-bond acceptors (Lipinski definition) is 4. The zero-order valence-corrected chi connectivity index (χ0v) is 14.1. The summed E-state index contributed by atoms with van der Waals surface area (Å²) in [7, 11) is 0. The van der Waals surface area contributed by atoms with Gasteiger partial charge in [-0.1, -0.05) is 0 Å². The van der Waals surface area contributed by atoms with Gasteiger partial charge in [-0.15, -0.1) is 0 Å². The summed E-state index contributed by atoms with van der Waals surface area (Å²) in [6.07, 6.45) is 0. The Labute approximate surface area is 130 Å². The minimum absolute atomic E-state index is 0.153. The van der Waals surface area contributed by atoms with E-state index in [2.05, 4.69) is 4.98 Å². The number of aromatic amines is 1. The molecule has 0 saturated carbocycles. The van der Waals surface area contributed by atoms with E-state index in [1.807, 2.05) is 6.92 Å². The Morgan fingerprint density at radius 3 is 2.27 bits per heavy atom. The quantitative estimate of drug-likeness (QED) is 0.645. The van der Waals surface area contributed by atoms with Crippen molar-refractivity contribution < 1.29 is 19.1 Å². The Bertz CT molecular complexity index is 589. The summed E-state index contributed by atoms with van der Waals surface area (Å²) in [5, 5.41) is 0. The number of H-pyrrole nitrogens is 1. The molecular weight excluding hydrogens is 284 g/mol. The first-order valence-corrected chi connectivity index (χ1v) is 7.43. The maximum atomic E-state index is 12.7. The molecule has 22 heavy (non-hydrogen) atoms. The van der Waals surface area contributed by atoms with Gasteiger partial charge in [-0.3, -0.25) is 9.59 Å². The van der Waals surface area contributed by atoms with Crippen molar-refractivity contribution in [2.45, 2.75) is 47.6 Å². The van der Waals surface area contributed by atoms with Crippen molar-refractivity contribution >= 4 is 17.7 Å². The van der Waals surface area contributed by atoms with E-state index in [4.69, 9.17) is 4.74 Å². The van der Waals surface area contributed by atoms with E-state index in [1.54, 1.807) is 27.7 Å². The molecule has 6 nitrogen and oxygen atoms in total. The lowest BCUT2D eigenvalue weighted by molar-refractivity contribution is -0.129. The average molecular weight is 308 g/mol. The van der Waals surface area contributed by atoms with E-state index in [-0.39, 0.29) is 18.3 Å². The van der Waals surface area contributed by atoms with Crippen molar-refractivity contribution in [1.29, 1.82) is 0 Å². The highest BCUT2D eigenvalue weighted by atomic mass is 16.5. The van der Waals surface area contributed by atoms with Crippen LogP contribution in [-0.4, -0.2) is 46.7 Å². The molecule has 0 spiro atoms. The van der Waals surface area contributed by atoms with E-state index in [0.29, 0.717) is 29.1 Å². The molecule has 1 aromatic rings. The predicted octanol–water partition coefficient (Wildman–Crippen LogP) is 2.25. The molecule has 0 aliphatic heterocycles. The molecule has 0 aliphatic carbocycles. The van der Waals surface area contributed by atoms with Crippen LogP contribution in [0.3, 0.4) is 0 Å². The molecular formula is C16H24N2O4. The summed E-state index contributed by atoms with van der Waals surface area (Å²) in [6.45, 7) is 10.9.